The fourth-order valence-electron chi connectivity index (χ4n) is 8.51. The Morgan fingerprint density at radius 3 is 1.95 bits per heavy atom. The van der Waals surface area contributed by atoms with Crippen LogP contribution in [0.15, 0.2) is 72.1 Å². The second-order valence-electron chi connectivity index (χ2n) is 19.4. The van der Waals surface area contributed by atoms with Crippen molar-refractivity contribution in [3.8, 4) is 5.75 Å². The molecule has 1 fully saturated rings. The van der Waals surface area contributed by atoms with E-state index in [9.17, 15) is 67.7 Å². The highest BCUT2D eigenvalue weighted by molar-refractivity contribution is 7.46. The number of hydrogen-bond acceptors (Lipinski definition) is 14. The van der Waals surface area contributed by atoms with Crippen molar-refractivity contribution in [2.75, 3.05) is 13.1 Å². The number of amides is 7. The zero-order valence-corrected chi connectivity index (χ0v) is 45.1. The summed E-state index contributed by atoms with van der Waals surface area (Å²) in [4.78, 5) is 153. The van der Waals surface area contributed by atoms with Gasteiger partial charge in [-0.15, -0.1) is 0 Å². The summed E-state index contributed by atoms with van der Waals surface area (Å²) in [5, 5.41) is 34.9. The van der Waals surface area contributed by atoms with Gasteiger partial charge in [-0.1, -0.05) is 76.6 Å². The van der Waals surface area contributed by atoms with Crippen molar-refractivity contribution in [2.24, 2.45) is 34.0 Å². The van der Waals surface area contributed by atoms with E-state index in [2.05, 4.69) is 51.4 Å². The number of carboxylic acid groups (broad SMARTS) is 2. The van der Waals surface area contributed by atoms with E-state index in [1.165, 1.54) is 41.7 Å². The SMILES string of the molecule is CCC(C)C(NC(=O)C(Cc1ccc(OP(=O)(O)O)cc1)NC(=O)C(NC(=O)C(CCCN=C(N)N)NC(=O)C(N)CC(=O)O)C(C)C)C(=O)NC(Cc1cnc[nH]1)C(=O)N1CCCC1C(=O)NC(Cc1ccccc1)C(=O)O. The summed E-state index contributed by atoms with van der Waals surface area (Å²) in [6.45, 7) is 6.68. The van der Waals surface area contributed by atoms with Gasteiger partial charge in [0.05, 0.1) is 18.8 Å². The second kappa shape index (κ2) is 30.3. The summed E-state index contributed by atoms with van der Waals surface area (Å²) in [6, 6.07) is 2.77. The topological polar surface area (TPSA) is 455 Å². The first kappa shape index (κ1) is 63.6. The molecule has 2 aromatic carbocycles. The Labute approximate surface area is 455 Å². The number of aromatic nitrogens is 2. The zero-order chi connectivity index (χ0) is 58.6. The minimum Gasteiger partial charge on any atom is -0.481 e. The number of likely N-dealkylation sites (tertiary alicyclic amines) is 1. The van der Waals surface area contributed by atoms with Gasteiger partial charge in [-0.3, -0.25) is 53.1 Å². The van der Waals surface area contributed by atoms with Crippen LogP contribution in [0.2, 0.25) is 0 Å². The third kappa shape index (κ3) is 20.7. The molecule has 2 heterocycles. The van der Waals surface area contributed by atoms with Crippen LogP contribution < -0.4 is 53.6 Å². The van der Waals surface area contributed by atoms with Crippen LogP contribution in [-0.2, 0) is 67.0 Å². The largest absolute Gasteiger partial charge is 0.524 e. The smallest absolute Gasteiger partial charge is 0.481 e. The molecule has 3 aromatic rings. The number of phosphoric ester groups is 1. The first-order valence-corrected chi connectivity index (χ1v) is 27.0. The number of nitrogens with zero attached hydrogens (tertiary/aromatic N) is 3. The summed E-state index contributed by atoms with van der Waals surface area (Å²) >= 11 is 0. The third-order valence-corrected chi connectivity index (χ3v) is 13.3. The lowest BCUT2D eigenvalue weighted by Gasteiger charge is -2.32. The number of rotatable bonds is 31. The number of imidazole rings is 1. The minimum atomic E-state index is -4.97. The summed E-state index contributed by atoms with van der Waals surface area (Å²) in [7, 11) is -4.97. The molecule has 29 heteroatoms. The van der Waals surface area contributed by atoms with Crippen molar-refractivity contribution in [3.05, 3.63) is 83.9 Å². The first-order chi connectivity index (χ1) is 37.3. The lowest BCUT2D eigenvalue weighted by molar-refractivity contribution is -0.145. The van der Waals surface area contributed by atoms with E-state index in [-0.39, 0.29) is 63.3 Å². The van der Waals surface area contributed by atoms with Crippen molar-refractivity contribution < 1.29 is 72.2 Å². The monoisotopic (exact) mass is 1130 g/mol. The number of nitrogens with one attached hydrogen (secondary N) is 7. The van der Waals surface area contributed by atoms with Crippen LogP contribution in [0, 0.1) is 11.8 Å². The highest BCUT2D eigenvalue weighted by Crippen LogP contribution is 2.37. The number of aliphatic carboxylic acids is 2. The molecule has 0 saturated carbocycles. The molecule has 28 nitrogen and oxygen atoms in total. The Bertz CT molecular complexity index is 2650. The number of phosphoric acid groups is 1. The summed E-state index contributed by atoms with van der Waals surface area (Å²) in [6.07, 6.45) is 2.45. The number of aromatic amines is 1. The summed E-state index contributed by atoms with van der Waals surface area (Å²) in [5.41, 5.74) is 18.0. The van der Waals surface area contributed by atoms with Crippen LogP contribution in [0.25, 0.3) is 0 Å². The third-order valence-electron chi connectivity index (χ3n) is 12.9. The van der Waals surface area contributed by atoms with Crippen LogP contribution >= 0.6 is 7.82 Å². The Morgan fingerprint density at radius 2 is 1.37 bits per heavy atom. The Balaban J connectivity index is 1.64. The molecule has 1 aliphatic heterocycles. The molecule has 17 N–H and O–H groups in total. The Morgan fingerprint density at radius 1 is 0.772 bits per heavy atom. The molecule has 432 valence electrons. The molecule has 9 atom stereocenters. The first-order valence-electron chi connectivity index (χ1n) is 25.5. The Kier molecular flexibility index (Phi) is 24.4. The quantitative estimate of drug-likeness (QED) is 0.0150. The zero-order valence-electron chi connectivity index (χ0n) is 44.2. The fourth-order valence-corrected chi connectivity index (χ4v) is 8.90. The lowest BCUT2D eigenvalue weighted by Crippen LogP contribution is -2.62. The molecule has 1 aromatic heterocycles. The van der Waals surface area contributed by atoms with Gasteiger partial charge >= 0.3 is 19.8 Å². The van der Waals surface area contributed by atoms with Crippen LogP contribution in [0.1, 0.15) is 83.0 Å². The predicted molar refractivity (Wildman–Crippen MR) is 284 cm³/mol. The molecule has 79 heavy (non-hydrogen) atoms. The van der Waals surface area contributed by atoms with Crippen LogP contribution in [-0.4, -0.2) is 156 Å². The molecular formula is C50H72N13O15P. The maximum Gasteiger partial charge on any atom is 0.524 e. The molecule has 0 aliphatic carbocycles. The van der Waals surface area contributed by atoms with Crippen molar-refractivity contribution in [2.45, 2.75) is 134 Å². The van der Waals surface area contributed by atoms with E-state index in [1.54, 1.807) is 58.0 Å². The normalized spacial score (nSPS) is 16.3. The van der Waals surface area contributed by atoms with Crippen molar-refractivity contribution in [3.63, 3.8) is 0 Å². The number of benzene rings is 2. The molecular weight excluding hydrogens is 1050 g/mol. The number of carbonyl (C=O) groups is 9. The number of H-pyrrole nitrogens is 1. The maximum atomic E-state index is 14.7. The molecule has 9 unspecified atom stereocenters. The van der Waals surface area contributed by atoms with Gasteiger partial charge in [-0.2, -0.15) is 0 Å². The van der Waals surface area contributed by atoms with E-state index >= 15 is 0 Å². The van der Waals surface area contributed by atoms with Crippen LogP contribution in [0.4, 0.5) is 0 Å². The van der Waals surface area contributed by atoms with E-state index in [4.69, 9.17) is 17.2 Å². The Hall–Kier alpha value is -7.94. The van der Waals surface area contributed by atoms with Gasteiger partial charge in [0.15, 0.2) is 5.96 Å². The van der Waals surface area contributed by atoms with Crippen LogP contribution in [0.5, 0.6) is 5.75 Å². The lowest BCUT2D eigenvalue weighted by atomic mass is 9.96. The maximum absolute atomic E-state index is 14.7. The average molecular weight is 1130 g/mol. The number of aliphatic imine (C=N–C) groups is 1. The fraction of sp³-hybridized carbons (Fsp3) is 0.500. The molecule has 0 bridgehead atoms. The summed E-state index contributed by atoms with van der Waals surface area (Å²) in [5.74, 6) is -10.4. The van der Waals surface area contributed by atoms with E-state index < -0.39 is 128 Å². The minimum absolute atomic E-state index is 0.0242. The summed E-state index contributed by atoms with van der Waals surface area (Å²) < 4.78 is 16.2. The van der Waals surface area contributed by atoms with Gasteiger partial charge in [0.2, 0.25) is 41.4 Å². The predicted octanol–water partition coefficient (Wildman–Crippen LogP) is -1.55. The highest BCUT2D eigenvalue weighted by atomic mass is 31.2. The van der Waals surface area contributed by atoms with Crippen molar-refractivity contribution >= 4 is 67.1 Å². The molecule has 0 radical (unpaired) electrons. The number of carboxylic acids is 2. The number of carbonyl (C=O) groups excluding carboxylic acids is 7. The van der Waals surface area contributed by atoms with Crippen LogP contribution in [0.3, 0.4) is 0 Å². The van der Waals surface area contributed by atoms with Gasteiger partial charge in [0.25, 0.3) is 0 Å². The van der Waals surface area contributed by atoms with Crippen molar-refractivity contribution in [1.29, 1.82) is 0 Å². The van der Waals surface area contributed by atoms with Gasteiger partial charge in [-0.05, 0) is 60.8 Å². The van der Waals surface area contributed by atoms with Gasteiger partial charge in [0.1, 0.15) is 48.0 Å². The molecule has 4 rings (SSSR count). The molecule has 0 spiro atoms. The molecule has 7 amide bonds. The number of guanidine groups is 1. The van der Waals surface area contributed by atoms with Gasteiger partial charge < -0.3 is 73.7 Å². The number of hydrogen-bond donors (Lipinski definition) is 14. The van der Waals surface area contributed by atoms with E-state index in [1.807, 2.05) is 0 Å². The van der Waals surface area contributed by atoms with Gasteiger partial charge in [-0.25, -0.2) is 14.3 Å². The van der Waals surface area contributed by atoms with E-state index in [0.29, 0.717) is 29.7 Å². The molecule has 1 aliphatic rings. The second-order valence-corrected chi connectivity index (χ2v) is 20.6. The standard InChI is InChI=1S/C50H72N13O15P/c1-5-28(4)41(47(71)59-36(23-31-25-54-26-56-31)48(72)63-20-10-14-38(63)45(69)60-37(49(73)74)22-29-11-7-6-8-12-29)62-44(68)35(21-30-15-17-32(18-16-30)78-79(75,76)77)58-46(70)40(27(2)3)61-43(67)34(13-9-19-55-50(52)53)57-42(66)33(51)24-39(64)65/h6-8,11-12,15-18,25-28,33-38,40-41H,5,9-10,13-14,19-24,51H2,1-4H3,(H,54,56)(H,57,66)(H,58,70)(H,59,71)(H,60,69)(H,61,67)(H,62,68)(H,64,65)(H,73,74)(H4,52,53,55)(H2,75,76,77). The molecule has 1 saturated heterocycles. The number of nitrogens with two attached hydrogens (primary N) is 3. The van der Waals surface area contributed by atoms with E-state index in [0.717, 1.165) is 0 Å². The average Bonchev–Trinajstić information content (AvgIpc) is 4.11. The van der Waals surface area contributed by atoms with Gasteiger partial charge in [0, 0.05) is 44.2 Å². The van der Waals surface area contributed by atoms with Crippen molar-refractivity contribution in [1.82, 2.24) is 46.8 Å². The highest BCUT2D eigenvalue weighted by Gasteiger charge is 2.41.